The number of carbonyl (C=O) groups is 1. The summed E-state index contributed by atoms with van der Waals surface area (Å²) in [7, 11) is 0. The van der Waals surface area contributed by atoms with Gasteiger partial charge in [-0.1, -0.05) is 26.8 Å². The van der Waals surface area contributed by atoms with Crippen LogP contribution in [0.5, 0.6) is 0 Å². The Morgan fingerprint density at radius 1 is 1.40 bits per heavy atom. The molecule has 2 bridgehead atoms. The van der Waals surface area contributed by atoms with Crippen LogP contribution < -0.4 is 5.43 Å². The summed E-state index contributed by atoms with van der Waals surface area (Å²) in [6, 6.07) is 5.29. The third-order valence-electron chi connectivity index (χ3n) is 5.70. The molecular formula is C16H21N3O. The summed E-state index contributed by atoms with van der Waals surface area (Å²) in [4.78, 5) is 16.0. The molecule has 106 valence electrons. The Kier molecular flexibility index (Phi) is 2.92. The third kappa shape index (κ3) is 1.78. The van der Waals surface area contributed by atoms with Crippen molar-refractivity contribution < 1.29 is 4.79 Å². The van der Waals surface area contributed by atoms with E-state index >= 15 is 0 Å². The first-order valence-corrected chi connectivity index (χ1v) is 7.23. The fraction of sp³-hybridized carbons (Fsp3) is 0.562. The maximum absolute atomic E-state index is 12.0. The van der Waals surface area contributed by atoms with Crippen molar-refractivity contribution in [3.63, 3.8) is 0 Å². The molecule has 1 amide bonds. The molecule has 4 nitrogen and oxygen atoms in total. The first-order chi connectivity index (χ1) is 9.45. The molecule has 0 radical (unpaired) electrons. The minimum absolute atomic E-state index is 0.120. The van der Waals surface area contributed by atoms with Crippen LogP contribution in [0.4, 0.5) is 0 Å². The Labute approximate surface area is 119 Å². The summed E-state index contributed by atoms with van der Waals surface area (Å²) in [5.41, 5.74) is 4.62. The van der Waals surface area contributed by atoms with Crippen LogP contribution in [0.15, 0.2) is 29.5 Å². The van der Waals surface area contributed by atoms with Crippen LogP contribution in [-0.4, -0.2) is 16.6 Å². The molecule has 1 aromatic rings. The van der Waals surface area contributed by atoms with Gasteiger partial charge in [-0.3, -0.25) is 9.78 Å². The molecule has 1 heterocycles. The summed E-state index contributed by atoms with van der Waals surface area (Å²) in [6.07, 6.45) is 5.07. The van der Waals surface area contributed by atoms with Crippen molar-refractivity contribution in [2.45, 2.75) is 40.0 Å². The zero-order valence-corrected chi connectivity index (χ0v) is 12.3. The maximum atomic E-state index is 12.0. The number of amides is 1. The first-order valence-electron chi connectivity index (χ1n) is 7.23. The summed E-state index contributed by atoms with van der Waals surface area (Å²) >= 11 is 0. The molecule has 2 atom stereocenters. The van der Waals surface area contributed by atoms with E-state index in [1.807, 2.05) is 0 Å². The van der Waals surface area contributed by atoms with Crippen LogP contribution in [0.2, 0.25) is 0 Å². The number of fused-ring (bicyclic) bond motifs is 2. The van der Waals surface area contributed by atoms with Gasteiger partial charge in [0.25, 0.3) is 5.91 Å². The van der Waals surface area contributed by atoms with Crippen LogP contribution in [-0.2, 0) is 0 Å². The van der Waals surface area contributed by atoms with Gasteiger partial charge in [0, 0.05) is 17.3 Å². The van der Waals surface area contributed by atoms with Crippen LogP contribution in [0.25, 0.3) is 0 Å². The normalized spacial score (nSPS) is 32.5. The molecule has 20 heavy (non-hydrogen) atoms. The highest BCUT2D eigenvalue weighted by molar-refractivity contribution is 5.97. The quantitative estimate of drug-likeness (QED) is 0.841. The Morgan fingerprint density at radius 2 is 2.20 bits per heavy atom. The van der Waals surface area contributed by atoms with Gasteiger partial charge in [-0.05, 0) is 42.7 Å². The van der Waals surface area contributed by atoms with Gasteiger partial charge in [0.15, 0.2) is 0 Å². The second kappa shape index (κ2) is 4.40. The highest BCUT2D eigenvalue weighted by atomic mass is 16.2. The minimum atomic E-state index is -0.234. The minimum Gasteiger partial charge on any atom is -0.266 e. The predicted octanol–water partition coefficient (Wildman–Crippen LogP) is 3.01. The predicted molar refractivity (Wildman–Crippen MR) is 78.4 cm³/mol. The summed E-state index contributed by atoms with van der Waals surface area (Å²) in [5.74, 6) is 0.459. The molecule has 3 rings (SSSR count). The number of nitrogens with one attached hydrogen (secondary N) is 1. The standard InChI is InChI=1S/C16H21N3O/c1-15(2)11-7-8-16(15,3)13(10-11)18-19-14(20)12-6-4-5-9-17-12/h4-6,9,11H,7-8,10H2,1-3H3,(H,19,20)/b18-13+/t11-,16+/m0/s1. The lowest BCUT2D eigenvalue weighted by atomic mass is 9.70. The topological polar surface area (TPSA) is 54.4 Å². The van der Waals surface area contributed by atoms with Crippen molar-refractivity contribution in [1.29, 1.82) is 0 Å². The van der Waals surface area contributed by atoms with Crippen molar-refractivity contribution >= 4 is 11.6 Å². The van der Waals surface area contributed by atoms with Gasteiger partial charge in [-0.2, -0.15) is 5.10 Å². The van der Waals surface area contributed by atoms with E-state index in [2.05, 4.69) is 36.3 Å². The lowest BCUT2D eigenvalue weighted by molar-refractivity contribution is 0.0949. The fourth-order valence-corrected chi connectivity index (χ4v) is 3.77. The monoisotopic (exact) mass is 271 g/mol. The molecule has 2 fully saturated rings. The number of hydrogen-bond donors (Lipinski definition) is 1. The molecule has 0 spiro atoms. The molecule has 2 saturated carbocycles. The van der Waals surface area contributed by atoms with Crippen LogP contribution in [0.3, 0.4) is 0 Å². The lowest BCUT2D eigenvalue weighted by Gasteiger charge is -2.34. The van der Waals surface area contributed by atoms with Gasteiger partial charge < -0.3 is 0 Å². The Balaban J connectivity index is 1.77. The van der Waals surface area contributed by atoms with Crippen LogP contribution in [0, 0.1) is 16.7 Å². The highest BCUT2D eigenvalue weighted by Gasteiger charge is 2.59. The van der Waals surface area contributed by atoms with Crippen molar-refractivity contribution in [3.8, 4) is 0 Å². The number of pyridine rings is 1. The van der Waals surface area contributed by atoms with Crippen molar-refractivity contribution in [2.24, 2.45) is 21.8 Å². The third-order valence-corrected chi connectivity index (χ3v) is 5.70. The van der Waals surface area contributed by atoms with Crippen molar-refractivity contribution in [3.05, 3.63) is 30.1 Å². The van der Waals surface area contributed by atoms with Gasteiger partial charge in [0.1, 0.15) is 5.69 Å². The van der Waals surface area contributed by atoms with Crippen molar-refractivity contribution in [2.75, 3.05) is 0 Å². The number of rotatable bonds is 2. The fourth-order valence-electron chi connectivity index (χ4n) is 3.77. The number of hydrogen-bond acceptors (Lipinski definition) is 3. The average Bonchev–Trinajstić information content (AvgIpc) is 2.78. The lowest BCUT2D eigenvalue weighted by Crippen LogP contribution is -2.34. The van der Waals surface area contributed by atoms with Crippen molar-refractivity contribution in [1.82, 2.24) is 10.4 Å². The molecule has 1 aromatic heterocycles. The maximum Gasteiger partial charge on any atom is 0.289 e. The second-order valence-electron chi connectivity index (χ2n) is 6.71. The summed E-state index contributed by atoms with van der Waals surface area (Å²) in [5, 5.41) is 4.43. The van der Waals surface area contributed by atoms with Crippen LogP contribution in [0.1, 0.15) is 50.5 Å². The van der Waals surface area contributed by atoms with E-state index in [0.717, 1.165) is 12.1 Å². The van der Waals surface area contributed by atoms with E-state index in [4.69, 9.17) is 0 Å². The SMILES string of the molecule is CC1(C)[C@H]2CC[C@]1(C)/C(=N/NC(=O)c1ccccn1)C2. The molecule has 0 saturated heterocycles. The number of hydrazone groups is 1. The second-order valence-corrected chi connectivity index (χ2v) is 6.71. The van der Waals surface area contributed by atoms with E-state index in [1.165, 1.54) is 12.8 Å². The van der Waals surface area contributed by atoms with Crippen LogP contribution >= 0.6 is 0 Å². The number of aromatic nitrogens is 1. The molecule has 0 aliphatic heterocycles. The van der Waals surface area contributed by atoms with E-state index in [9.17, 15) is 4.79 Å². The van der Waals surface area contributed by atoms with Gasteiger partial charge in [0.2, 0.25) is 0 Å². The molecule has 4 heteroatoms. The number of carbonyl (C=O) groups excluding carboxylic acids is 1. The van der Waals surface area contributed by atoms with E-state index < -0.39 is 0 Å². The Bertz CT molecular complexity index is 564. The zero-order chi connectivity index (χ0) is 14.4. The van der Waals surface area contributed by atoms with Gasteiger partial charge in [0.05, 0.1) is 0 Å². The van der Waals surface area contributed by atoms with Gasteiger partial charge in [-0.15, -0.1) is 0 Å². The van der Waals surface area contributed by atoms with E-state index in [0.29, 0.717) is 11.6 Å². The molecule has 2 aliphatic carbocycles. The average molecular weight is 271 g/mol. The van der Waals surface area contributed by atoms with Gasteiger partial charge in [-0.25, -0.2) is 5.43 Å². The molecule has 0 aromatic carbocycles. The Morgan fingerprint density at radius 3 is 2.75 bits per heavy atom. The molecule has 1 N–H and O–H groups in total. The molecule has 0 unspecified atom stereocenters. The summed E-state index contributed by atoms with van der Waals surface area (Å²) in [6.45, 7) is 6.94. The van der Waals surface area contributed by atoms with E-state index in [-0.39, 0.29) is 16.7 Å². The smallest absolute Gasteiger partial charge is 0.266 e. The highest BCUT2D eigenvalue weighted by Crippen LogP contribution is 2.63. The largest absolute Gasteiger partial charge is 0.289 e. The Hall–Kier alpha value is -1.71. The molecular weight excluding hydrogens is 250 g/mol. The van der Waals surface area contributed by atoms with E-state index in [1.54, 1.807) is 24.4 Å². The number of nitrogens with zero attached hydrogens (tertiary/aromatic N) is 2. The zero-order valence-electron chi connectivity index (χ0n) is 12.3. The first kappa shape index (κ1) is 13.3. The summed E-state index contributed by atoms with van der Waals surface area (Å²) < 4.78 is 0. The molecule has 2 aliphatic rings. The van der Waals surface area contributed by atoms with Gasteiger partial charge >= 0.3 is 0 Å².